The maximum absolute atomic E-state index is 5.24. The van der Waals surface area contributed by atoms with E-state index in [4.69, 9.17) is 4.52 Å². The fourth-order valence-corrected chi connectivity index (χ4v) is 1.68. The molecule has 0 unspecified atom stereocenters. The Balaban J connectivity index is 1.84. The van der Waals surface area contributed by atoms with Crippen LogP contribution in [-0.4, -0.2) is 23.2 Å². The van der Waals surface area contributed by atoms with Crippen LogP contribution in [0.3, 0.4) is 0 Å². The topological polar surface area (TPSA) is 51.0 Å². The maximum Gasteiger partial charge on any atom is 0.254 e. The van der Waals surface area contributed by atoms with E-state index in [1.165, 1.54) is 12.8 Å². The first-order valence-corrected chi connectivity index (χ1v) is 5.17. The second kappa shape index (κ2) is 3.20. The quantitative estimate of drug-likeness (QED) is 0.766. The van der Waals surface area contributed by atoms with Crippen molar-refractivity contribution in [2.75, 3.05) is 13.1 Å². The van der Waals surface area contributed by atoms with Crippen molar-refractivity contribution in [3.05, 3.63) is 17.8 Å². The molecule has 1 saturated carbocycles. The van der Waals surface area contributed by atoms with E-state index in [0.29, 0.717) is 11.8 Å². The van der Waals surface area contributed by atoms with E-state index in [2.05, 4.69) is 21.5 Å². The van der Waals surface area contributed by atoms with Gasteiger partial charge in [-0.05, 0) is 25.8 Å². The monoisotopic (exact) mass is 191 g/mol. The molecular formula is C10H13N3O. The second-order valence-corrected chi connectivity index (χ2v) is 3.93. The van der Waals surface area contributed by atoms with Crippen molar-refractivity contribution in [1.29, 1.82) is 0 Å². The van der Waals surface area contributed by atoms with Crippen LogP contribution in [0.4, 0.5) is 0 Å². The summed E-state index contributed by atoms with van der Waals surface area (Å²) >= 11 is 0. The van der Waals surface area contributed by atoms with Gasteiger partial charge in [-0.1, -0.05) is 11.2 Å². The van der Waals surface area contributed by atoms with Gasteiger partial charge in [0.1, 0.15) is 0 Å². The number of aromatic nitrogens is 2. The van der Waals surface area contributed by atoms with Gasteiger partial charge in [-0.15, -0.1) is 0 Å². The van der Waals surface area contributed by atoms with Gasteiger partial charge in [-0.2, -0.15) is 4.98 Å². The summed E-state index contributed by atoms with van der Waals surface area (Å²) in [6, 6.07) is 0. The zero-order chi connectivity index (χ0) is 9.38. The van der Waals surface area contributed by atoms with E-state index in [-0.39, 0.29) is 0 Å². The zero-order valence-corrected chi connectivity index (χ0v) is 7.99. The van der Waals surface area contributed by atoms with Crippen LogP contribution in [0.2, 0.25) is 0 Å². The Hall–Kier alpha value is -1.16. The van der Waals surface area contributed by atoms with E-state index < -0.39 is 0 Å². The van der Waals surface area contributed by atoms with Gasteiger partial charge in [0.25, 0.3) is 5.89 Å². The molecule has 1 aromatic rings. The smallest absolute Gasteiger partial charge is 0.254 e. The van der Waals surface area contributed by atoms with E-state index in [9.17, 15) is 0 Å². The predicted molar refractivity (Wildman–Crippen MR) is 51.7 cm³/mol. The maximum atomic E-state index is 5.24. The van der Waals surface area contributed by atoms with Crippen LogP contribution in [0.1, 0.15) is 36.9 Å². The summed E-state index contributed by atoms with van der Waals surface area (Å²) in [5.74, 6) is 2.18. The van der Waals surface area contributed by atoms with Gasteiger partial charge in [0.05, 0.1) is 0 Å². The number of nitrogens with zero attached hydrogens (tertiary/aromatic N) is 2. The molecule has 1 aromatic heterocycles. The molecular weight excluding hydrogens is 178 g/mol. The number of rotatable bonds is 2. The van der Waals surface area contributed by atoms with Crippen molar-refractivity contribution in [2.45, 2.75) is 25.2 Å². The van der Waals surface area contributed by atoms with Gasteiger partial charge in [-0.25, -0.2) is 0 Å². The normalized spacial score (nSPS) is 22.1. The molecule has 0 bridgehead atoms. The Morgan fingerprint density at radius 3 is 3.07 bits per heavy atom. The third-order valence-electron chi connectivity index (χ3n) is 2.69. The molecule has 2 aliphatic rings. The Kier molecular flexibility index (Phi) is 1.87. The predicted octanol–water partition coefficient (Wildman–Crippen LogP) is 1.32. The third-order valence-corrected chi connectivity index (χ3v) is 2.69. The standard InChI is InChI=1S/C10H13N3O/c1-2-8(6-11-5-1)10-12-9(13-14-10)7-3-4-7/h2,7,11H,1,3-6H2. The SMILES string of the molecule is C1=C(c2nc(C3CC3)no2)CNCC1. The lowest BCUT2D eigenvalue weighted by molar-refractivity contribution is 0.398. The average Bonchev–Trinajstić information content (AvgIpc) is 2.98. The van der Waals surface area contributed by atoms with Crippen molar-refractivity contribution in [3.8, 4) is 0 Å². The van der Waals surface area contributed by atoms with Crippen LogP contribution in [-0.2, 0) is 0 Å². The first-order valence-electron chi connectivity index (χ1n) is 5.17. The van der Waals surface area contributed by atoms with Gasteiger partial charge in [-0.3, -0.25) is 0 Å². The summed E-state index contributed by atoms with van der Waals surface area (Å²) in [4.78, 5) is 4.41. The molecule has 2 heterocycles. The zero-order valence-electron chi connectivity index (χ0n) is 7.99. The van der Waals surface area contributed by atoms with Crippen LogP contribution < -0.4 is 5.32 Å². The van der Waals surface area contributed by atoms with Crippen molar-refractivity contribution < 1.29 is 4.52 Å². The third kappa shape index (κ3) is 1.46. The minimum absolute atomic E-state index is 0.574. The molecule has 0 radical (unpaired) electrons. The van der Waals surface area contributed by atoms with Crippen LogP contribution in [0, 0.1) is 0 Å². The fourth-order valence-electron chi connectivity index (χ4n) is 1.68. The first kappa shape index (κ1) is 8.17. The molecule has 1 N–H and O–H groups in total. The number of nitrogens with one attached hydrogen (secondary N) is 1. The lowest BCUT2D eigenvalue weighted by Gasteiger charge is -2.09. The molecule has 0 amide bonds. The van der Waals surface area contributed by atoms with Crippen LogP contribution in [0.25, 0.3) is 5.57 Å². The molecule has 1 aliphatic carbocycles. The van der Waals surface area contributed by atoms with E-state index in [1.807, 2.05) is 0 Å². The highest BCUT2D eigenvalue weighted by atomic mass is 16.5. The molecule has 14 heavy (non-hydrogen) atoms. The summed E-state index contributed by atoms with van der Waals surface area (Å²) in [6.45, 7) is 1.90. The van der Waals surface area contributed by atoms with Gasteiger partial charge in [0.2, 0.25) is 0 Å². The molecule has 4 heteroatoms. The Morgan fingerprint density at radius 1 is 1.43 bits per heavy atom. The van der Waals surface area contributed by atoms with Gasteiger partial charge >= 0.3 is 0 Å². The van der Waals surface area contributed by atoms with E-state index >= 15 is 0 Å². The average molecular weight is 191 g/mol. The molecule has 0 spiro atoms. The van der Waals surface area contributed by atoms with Crippen molar-refractivity contribution in [1.82, 2.24) is 15.5 Å². The highest BCUT2D eigenvalue weighted by Gasteiger charge is 2.29. The molecule has 74 valence electrons. The lowest BCUT2D eigenvalue weighted by atomic mass is 10.1. The number of hydrogen-bond donors (Lipinski definition) is 1. The molecule has 0 aromatic carbocycles. The minimum atomic E-state index is 0.574. The Labute approximate surface area is 82.4 Å². The van der Waals surface area contributed by atoms with Crippen molar-refractivity contribution in [2.24, 2.45) is 0 Å². The van der Waals surface area contributed by atoms with E-state index in [0.717, 1.165) is 30.9 Å². The molecule has 4 nitrogen and oxygen atoms in total. The molecule has 3 rings (SSSR count). The van der Waals surface area contributed by atoms with Gasteiger partial charge < -0.3 is 9.84 Å². The minimum Gasteiger partial charge on any atom is -0.334 e. The second-order valence-electron chi connectivity index (χ2n) is 3.93. The summed E-state index contributed by atoms with van der Waals surface area (Å²) in [5, 5.41) is 7.29. The molecule has 1 fully saturated rings. The number of hydrogen-bond acceptors (Lipinski definition) is 4. The molecule has 1 aliphatic heterocycles. The van der Waals surface area contributed by atoms with Crippen molar-refractivity contribution in [3.63, 3.8) is 0 Å². The van der Waals surface area contributed by atoms with Crippen molar-refractivity contribution >= 4 is 5.57 Å². The Morgan fingerprint density at radius 2 is 2.36 bits per heavy atom. The largest absolute Gasteiger partial charge is 0.334 e. The fraction of sp³-hybridized carbons (Fsp3) is 0.600. The molecule has 0 atom stereocenters. The van der Waals surface area contributed by atoms with Crippen LogP contribution in [0.5, 0.6) is 0 Å². The summed E-state index contributed by atoms with van der Waals surface area (Å²) in [5.41, 5.74) is 1.15. The van der Waals surface area contributed by atoms with Gasteiger partial charge in [0.15, 0.2) is 5.82 Å². The lowest BCUT2D eigenvalue weighted by Crippen LogP contribution is -2.21. The van der Waals surface area contributed by atoms with Crippen LogP contribution >= 0.6 is 0 Å². The first-order chi connectivity index (χ1) is 6.93. The summed E-state index contributed by atoms with van der Waals surface area (Å²) < 4.78 is 5.24. The van der Waals surface area contributed by atoms with Gasteiger partial charge in [0, 0.05) is 18.0 Å². The Bertz CT molecular complexity index is 365. The molecule has 0 saturated heterocycles. The van der Waals surface area contributed by atoms with Crippen LogP contribution in [0.15, 0.2) is 10.6 Å². The summed E-state index contributed by atoms with van der Waals surface area (Å²) in [6.07, 6.45) is 5.67. The highest BCUT2D eigenvalue weighted by Crippen LogP contribution is 2.38. The van der Waals surface area contributed by atoms with E-state index in [1.54, 1.807) is 0 Å². The summed E-state index contributed by atoms with van der Waals surface area (Å²) in [7, 11) is 0. The highest BCUT2D eigenvalue weighted by molar-refractivity contribution is 5.60.